The predicted molar refractivity (Wildman–Crippen MR) is 129 cm³/mol. The summed E-state index contributed by atoms with van der Waals surface area (Å²) >= 11 is 1.41. The summed E-state index contributed by atoms with van der Waals surface area (Å²) in [5, 5.41) is 9.75. The van der Waals surface area contributed by atoms with Crippen LogP contribution in [-0.4, -0.2) is 23.8 Å². The SMILES string of the molecule is COc1ccc(/N=C(\S/C(C)=C\c2ccc(CO)cc2)N(C=O)c2ccccc2)cc1. The molecule has 1 N–H and O–H groups in total. The number of methoxy groups -OCH3 is 1. The molecule has 0 aliphatic carbocycles. The van der Waals surface area contributed by atoms with Crippen molar-refractivity contribution in [1.82, 2.24) is 0 Å². The van der Waals surface area contributed by atoms with Crippen LogP contribution in [0.3, 0.4) is 0 Å². The van der Waals surface area contributed by atoms with Gasteiger partial charge in [0.2, 0.25) is 6.41 Å². The van der Waals surface area contributed by atoms with Crippen LogP contribution < -0.4 is 9.64 Å². The average molecular weight is 433 g/mol. The van der Waals surface area contributed by atoms with Crippen LogP contribution >= 0.6 is 11.8 Å². The molecule has 3 aromatic carbocycles. The van der Waals surface area contributed by atoms with Gasteiger partial charge in [0.15, 0.2) is 5.17 Å². The summed E-state index contributed by atoms with van der Waals surface area (Å²) < 4.78 is 5.21. The molecule has 6 heteroatoms. The average Bonchev–Trinajstić information content (AvgIpc) is 2.81. The van der Waals surface area contributed by atoms with E-state index >= 15 is 0 Å². The standard InChI is InChI=1S/C25H24N2O3S/c1-19(16-20-8-10-21(17-28)11-9-20)31-25(26-22-12-14-24(30-2)15-13-22)27(18-29)23-6-4-3-5-7-23/h3-16,18,28H,17H2,1-2H3/b19-16-,26-25-. The second-order valence-electron chi connectivity index (χ2n) is 6.66. The molecule has 0 spiro atoms. The molecule has 0 saturated heterocycles. The number of amidine groups is 1. The van der Waals surface area contributed by atoms with Gasteiger partial charge in [0.25, 0.3) is 0 Å². The lowest BCUT2D eigenvalue weighted by molar-refractivity contribution is -0.106. The van der Waals surface area contributed by atoms with Crippen molar-refractivity contribution >= 4 is 40.8 Å². The third-order valence-electron chi connectivity index (χ3n) is 4.43. The van der Waals surface area contributed by atoms with Crippen LogP contribution in [0, 0.1) is 0 Å². The molecule has 0 radical (unpaired) electrons. The number of ether oxygens (including phenoxy) is 1. The predicted octanol–water partition coefficient (Wildman–Crippen LogP) is 5.63. The van der Waals surface area contributed by atoms with E-state index in [-0.39, 0.29) is 6.61 Å². The van der Waals surface area contributed by atoms with E-state index in [1.165, 1.54) is 16.7 Å². The van der Waals surface area contributed by atoms with Crippen molar-refractivity contribution < 1.29 is 14.6 Å². The monoisotopic (exact) mass is 432 g/mol. The van der Waals surface area contributed by atoms with Crippen LogP contribution in [0.5, 0.6) is 5.75 Å². The molecular formula is C25H24N2O3S. The Balaban J connectivity index is 1.94. The molecule has 158 valence electrons. The van der Waals surface area contributed by atoms with Crippen molar-refractivity contribution in [1.29, 1.82) is 0 Å². The van der Waals surface area contributed by atoms with Gasteiger partial charge in [-0.1, -0.05) is 54.2 Å². The number of benzene rings is 3. The highest BCUT2D eigenvalue weighted by molar-refractivity contribution is 8.17. The van der Waals surface area contributed by atoms with E-state index in [1.807, 2.05) is 91.9 Å². The van der Waals surface area contributed by atoms with Gasteiger partial charge in [-0.2, -0.15) is 0 Å². The van der Waals surface area contributed by atoms with Gasteiger partial charge in [0.05, 0.1) is 25.1 Å². The van der Waals surface area contributed by atoms with E-state index in [2.05, 4.69) is 0 Å². The first-order valence-electron chi connectivity index (χ1n) is 9.71. The first kappa shape index (κ1) is 22.3. The quantitative estimate of drug-likeness (QED) is 0.298. The number of hydrogen-bond acceptors (Lipinski definition) is 5. The van der Waals surface area contributed by atoms with Gasteiger partial charge in [-0.3, -0.25) is 9.69 Å². The van der Waals surface area contributed by atoms with Gasteiger partial charge in [-0.15, -0.1) is 0 Å². The number of rotatable bonds is 7. The molecule has 31 heavy (non-hydrogen) atoms. The van der Waals surface area contributed by atoms with Crippen molar-refractivity contribution in [2.24, 2.45) is 4.99 Å². The summed E-state index contributed by atoms with van der Waals surface area (Å²) in [4.78, 5) is 19.2. The number of aliphatic hydroxyl groups excluding tert-OH is 1. The largest absolute Gasteiger partial charge is 0.497 e. The summed E-state index contributed by atoms with van der Waals surface area (Å²) in [6.07, 6.45) is 2.79. The minimum absolute atomic E-state index is 0.0156. The van der Waals surface area contributed by atoms with E-state index in [4.69, 9.17) is 9.73 Å². The number of anilines is 1. The molecule has 0 atom stereocenters. The fraction of sp³-hybridized carbons (Fsp3) is 0.120. The van der Waals surface area contributed by atoms with Gasteiger partial charge in [0.1, 0.15) is 5.75 Å². The highest BCUT2D eigenvalue weighted by atomic mass is 32.2. The van der Waals surface area contributed by atoms with E-state index in [0.717, 1.165) is 33.9 Å². The highest BCUT2D eigenvalue weighted by Gasteiger charge is 2.15. The molecular weight excluding hydrogens is 408 g/mol. The van der Waals surface area contributed by atoms with Crippen LogP contribution in [-0.2, 0) is 11.4 Å². The van der Waals surface area contributed by atoms with Crippen molar-refractivity contribution in [3.05, 3.63) is 94.9 Å². The lowest BCUT2D eigenvalue weighted by Gasteiger charge is -2.19. The molecule has 0 unspecified atom stereocenters. The highest BCUT2D eigenvalue weighted by Crippen LogP contribution is 2.28. The number of aliphatic imine (C=N–C) groups is 1. The van der Waals surface area contributed by atoms with Crippen LogP contribution in [0.2, 0.25) is 0 Å². The molecule has 3 aromatic rings. The zero-order valence-corrected chi connectivity index (χ0v) is 18.3. The maximum atomic E-state index is 12.0. The molecule has 3 rings (SSSR count). The molecule has 0 aliphatic heterocycles. The number of carbonyl (C=O) groups is 1. The van der Waals surface area contributed by atoms with Crippen molar-refractivity contribution in [3.63, 3.8) is 0 Å². The fourth-order valence-corrected chi connectivity index (χ4v) is 3.71. The summed E-state index contributed by atoms with van der Waals surface area (Å²) in [5.41, 5.74) is 3.31. The van der Waals surface area contributed by atoms with Crippen LogP contribution in [0.1, 0.15) is 18.1 Å². The van der Waals surface area contributed by atoms with Gasteiger partial charge in [-0.25, -0.2) is 4.99 Å². The Kier molecular flexibility index (Phi) is 8.04. The number of thioether (sulfide) groups is 1. The first-order valence-corrected chi connectivity index (χ1v) is 10.5. The minimum atomic E-state index is 0.0156. The normalized spacial score (nSPS) is 11.8. The van der Waals surface area contributed by atoms with Crippen LogP contribution in [0.25, 0.3) is 6.08 Å². The summed E-state index contributed by atoms with van der Waals surface area (Å²) in [6.45, 7) is 1.99. The Hall–Kier alpha value is -3.35. The molecule has 5 nitrogen and oxygen atoms in total. The molecule has 0 saturated carbocycles. The molecule has 0 aromatic heterocycles. The Morgan fingerprint density at radius 1 is 1.03 bits per heavy atom. The maximum Gasteiger partial charge on any atom is 0.220 e. The van der Waals surface area contributed by atoms with E-state index < -0.39 is 0 Å². The summed E-state index contributed by atoms with van der Waals surface area (Å²) in [5.74, 6) is 0.742. The summed E-state index contributed by atoms with van der Waals surface area (Å²) in [7, 11) is 1.62. The molecule has 1 amide bonds. The number of hydrogen-bond donors (Lipinski definition) is 1. The topological polar surface area (TPSA) is 62.1 Å². The molecule has 0 heterocycles. The second kappa shape index (κ2) is 11.2. The third kappa shape index (κ3) is 6.31. The van der Waals surface area contributed by atoms with Gasteiger partial charge in [0, 0.05) is 0 Å². The number of aliphatic hydroxyl groups is 1. The minimum Gasteiger partial charge on any atom is -0.497 e. The van der Waals surface area contributed by atoms with Gasteiger partial charge >= 0.3 is 0 Å². The number of allylic oxidation sites excluding steroid dienone is 1. The first-order chi connectivity index (χ1) is 15.1. The maximum absolute atomic E-state index is 12.0. The molecule has 0 fully saturated rings. The molecule has 0 bridgehead atoms. The third-order valence-corrected chi connectivity index (χ3v) is 5.34. The van der Waals surface area contributed by atoms with E-state index in [9.17, 15) is 9.90 Å². The van der Waals surface area contributed by atoms with Crippen molar-refractivity contribution in [3.8, 4) is 5.75 Å². The Labute approximate surface area is 186 Å². The van der Waals surface area contributed by atoms with E-state index in [1.54, 1.807) is 7.11 Å². The zero-order valence-electron chi connectivity index (χ0n) is 17.4. The van der Waals surface area contributed by atoms with Crippen molar-refractivity contribution in [2.75, 3.05) is 12.0 Å². The lowest BCUT2D eigenvalue weighted by atomic mass is 10.1. The smallest absolute Gasteiger partial charge is 0.220 e. The van der Waals surface area contributed by atoms with Gasteiger partial charge < -0.3 is 9.84 Å². The second-order valence-corrected chi connectivity index (χ2v) is 7.87. The van der Waals surface area contributed by atoms with Crippen LogP contribution in [0.4, 0.5) is 11.4 Å². The number of carbonyl (C=O) groups excluding carboxylic acids is 1. The number of amides is 1. The van der Waals surface area contributed by atoms with Crippen LogP contribution in [0.15, 0.2) is 88.8 Å². The van der Waals surface area contributed by atoms with Crippen molar-refractivity contribution in [2.45, 2.75) is 13.5 Å². The fourth-order valence-electron chi connectivity index (χ4n) is 2.83. The Morgan fingerprint density at radius 2 is 1.71 bits per heavy atom. The molecule has 0 aliphatic rings. The van der Waals surface area contributed by atoms with E-state index in [0.29, 0.717) is 10.9 Å². The lowest BCUT2D eigenvalue weighted by Crippen LogP contribution is -2.26. The van der Waals surface area contributed by atoms with Gasteiger partial charge in [-0.05, 0) is 65.4 Å². The number of para-hydroxylation sites is 1. The Bertz CT molecular complexity index is 1050. The summed E-state index contributed by atoms with van der Waals surface area (Å²) in [6, 6.07) is 24.4. The zero-order chi connectivity index (χ0) is 22.1. The Morgan fingerprint density at radius 3 is 2.29 bits per heavy atom. The number of nitrogens with zero attached hydrogens (tertiary/aromatic N) is 2.